The fourth-order valence-corrected chi connectivity index (χ4v) is 2.09. The van der Waals surface area contributed by atoms with Crippen molar-refractivity contribution in [2.24, 2.45) is 0 Å². The van der Waals surface area contributed by atoms with Gasteiger partial charge in [0.05, 0.1) is 17.6 Å². The van der Waals surface area contributed by atoms with E-state index in [4.69, 9.17) is 5.73 Å². The molecule has 82 valence electrons. The Balaban J connectivity index is 2.00. The van der Waals surface area contributed by atoms with Crippen LogP contribution in [-0.2, 0) is 13.0 Å². The van der Waals surface area contributed by atoms with E-state index in [9.17, 15) is 0 Å². The predicted molar refractivity (Wildman–Crippen MR) is 62.8 cm³/mol. The van der Waals surface area contributed by atoms with E-state index in [1.54, 1.807) is 6.20 Å². The molecule has 0 aliphatic carbocycles. The van der Waals surface area contributed by atoms with Crippen molar-refractivity contribution in [1.82, 2.24) is 14.5 Å². The van der Waals surface area contributed by atoms with E-state index in [1.165, 1.54) is 18.7 Å². The number of rotatable bonds is 1. The molecule has 0 fully saturated rings. The Morgan fingerprint density at radius 2 is 2.12 bits per heavy atom. The van der Waals surface area contributed by atoms with E-state index in [1.807, 2.05) is 12.1 Å². The number of fused-ring (bicyclic) bond motifs is 1. The summed E-state index contributed by atoms with van der Waals surface area (Å²) in [5.41, 5.74) is 8.16. The zero-order chi connectivity index (χ0) is 11.0. The van der Waals surface area contributed by atoms with Crippen molar-refractivity contribution in [3.05, 3.63) is 30.4 Å². The van der Waals surface area contributed by atoms with Gasteiger partial charge < -0.3 is 10.3 Å². The van der Waals surface area contributed by atoms with Crippen molar-refractivity contribution in [1.29, 1.82) is 0 Å². The van der Waals surface area contributed by atoms with Gasteiger partial charge in [0.1, 0.15) is 11.5 Å². The van der Waals surface area contributed by atoms with Crippen LogP contribution in [0.3, 0.4) is 0 Å². The number of imidazole rings is 1. The van der Waals surface area contributed by atoms with Crippen LogP contribution in [-0.4, -0.2) is 14.5 Å². The number of pyridine rings is 1. The molecule has 2 aromatic rings. The third kappa shape index (κ3) is 1.56. The molecule has 1 aliphatic heterocycles. The van der Waals surface area contributed by atoms with Crippen LogP contribution in [0.4, 0.5) is 5.69 Å². The van der Waals surface area contributed by atoms with Crippen LogP contribution < -0.4 is 5.73 Å². The number of hydrogen-bond acceptors (Lipinski definition) is 3. The second kappa shape index (κ2) is 3.63. The molecule has 0 saturated carbocycles. The molecule has 4 nitrogen and oxygen atoms in total. The Labute approximate surface area is 94.1 Å². The zero-order valence-electron chi connectivity index (χ0n) is 9.06. The van der Waals surface area contributed by atoms with Crippen LogP contribution in [0.5, 0.6) is 0 Å². The SMILES string of the molecule is Nc1ccc(-c2cn3c(n2)CCCC3)nc1. The Morgan fingerprint density at radius 3 is 2.88 bits per heavy atom. The lowest BCUT2D eigenvalue weighted by molar-refractivity contribution is 0.522. The molecule has 0 atom stereocenters. The first-order valence-electron chi connectivity index (χ1n) is 5.61. The molecule has 3 rings (SSSR count). The minimum atomic E-state index is 0.688. The Morgan fingerprint density at radius 1 is 1.19 bits per heavy atom. The lowest BCUT2D eigenvalue weighted by Crippen LogP contribution is -2.08. The predicted octanol–water partition coefficient (Wildman–Crippen LogP) is 1.86. The van der Waals surface area contributed by atoms with E-state index >= 15 is 0 Å². The molecular formula is C12H14N4. The summed E-state index contributed by atoms with van der Waals surface area (Å²) >= 11 is 0. The first-order valence-corrected chi connectivity index (χ1v) is 5.61. The monoisotopic (exact) mass is 214 g/mol. The summed E-state index contributed by atoms with van der Waals surface area (Å²) in [6, 6.07) is 3.78. The van der Waals surface area contributed by atoms with Crippen LogP contribution in [0.1, 0.15) is 18.7 Å². The van der Waals surface area contributed by atoms with Crippen molar-refractivity contribution >= 4 is 5.69 Å². The van der Waals surface area contributed by atoms with Crippen LogP contribution in [0.25, 0.3) is 11.4 Å². The molecule has 0 saturated heterocycles. The molecule has 1 aliphatic rings. The summed E-state index contributed by atoms with van der Waals surface area (Å²) in [6.45, 7) is 1.08. The van der Waals surface area contributed by atoms with E-state index in [0.29, 0.717) is 5.69 Å². The largest absolute Gasteiger partial charge is 0.397 e. The van der Waals surface area contributed by atoms with Gasteiger partial charge in [0.15, 0.2) is 0 Å². The van der Waals surface area contributed by atoms with E-state index in [-0.39, 0.29) is 0 Å². The summed E-state index contributed by atoms with van der Waals surface area (Å²) in [5.74, 6) is 1.18. The van der Waals surface area contributed by atoms with Gasteiger partial charge in [-0.05, 0) is 25.0 Å². The third-order valence-corrected chi connectivity index (χ3v) is 2.96. The van der Waals surface area contributed by atoms with Crippen molar-refractivity contribution in [3.8, 4) is 11.4 Å². The molecule has 4 heteroatoms. The number of nitrogens with two attached hydrogens (primary N) is 1. The van der Waals surface area contributed by atoms with Gasteiger partial charge in [-0.3, -0.25) is 4.98 Å². The number of hydrogen-bond donors (Lipinski definition) is 1. The molecule has 0 unspecified atom stereocenters. The molecule has 0 amide bonds. The molecule has 2 N–H and O–H groups in total. The third-order valence-electron chi connectivity index (χ3n) is 2.96. The second-order valence-electron chi connectivity index (χ2n) is 4.17. The number of aryl methyl sites for hydroxylation is 2. The van der Waals surface area contributed by atoms with Crippen molar-refractivity contribution in [2.75, 3.05) is 5.73 Å². The molecule has 0 bridgehead atoms. The molecule has 0 radical (unpaired) electrons. The van der Waals surface area contributed by atoms with Gasteiger partial charge in [-0.15, -0.1) is 0 Å². The summed E-state index contributed by atoms with van der Waals surface area (Å²) in [7, 11) is 0. The number of anilines is 1. The molecule has 16 heavy (non-hydrogen) atoms. The minimum absolute atomic E-state index is 0.688. The second-order valence-corrected chi connectivity index (χ2v) is 4.17. The Hall–Kier alpha value is -1.84. The van der Waals surface area contributed by atoms with Crippen LogP contribution >= 0.6 is 0 Å². The van der Waals surface area contributed by atoms with Crippen LogP contribution in [0, 0.1) is 0 Å². The lowest BCUT2D eigenvalue weighted by atomic mass is 10.2. The Kier molecular flexibility index (Phi) is 2.13. The number of nitrogens with zero attached hydrogens (tertiary/aromatic N) is 3. The standard InChI is InChI=1S/C12H14N4/c13-9-4-5-10(14-7-9)11-8-16-6-2-1-3-12(16)15-11/h4-5,7-8H,1-3,6,13H2. The normalized spacial score (nSPS) is 14.8. The average Bonchev–Trinajstić information content (AvgIpc) is 2.73. The highest BCUT2D eigenvalue weighted by Gasteiger charge is 2.13. The number of nitrogen functional groups attached to an aromatic ring is 1. The van der Waals surface area contributed by atoms with Gasteiger partial charge in [-0.1, -0.05) is 0 Å². The lowest BCUT2D eigenvalue weighted by Gasteiger charge is -2.11. The molecular weight excluding hydrogens is 200 g/mol. The first kappa shape index (κ1) is 9.39. The highest BCUT2D eigenvalue weighted by molar-refractivity contribution is 5.55. The topological polar surface area (TPSA) is 56.7 Å². The summed E-state index contributed by atoms with van der Waals surface area (Å²) < 4.78 is 2.23. The van der Waals surface area contributed by atoms with Gasteiger partial charge in [0.2, 0.25) is 0 Å². The highest BCUT2D eigenvalue weighted by Crippen LogP contribution is 2.21. The van der Waals surface area contributed by atoms with Crippen molar-refractivity contribution in [3.63, 3.8) is 0 Å². The van der Waals surface area contributed by atoms with E-state index < -0.39 is 0 Å². The number of aromatic nitrogens is 3. The smallest absolute Gasteiger partial charge is 0.109 e. The average molecular weight is 214 g/mol. The molecule has 2 aromatic heterocycles. The van der Waals surface area contributed by atoms with Gasteiger partial charge in [0, 0.05) is 19.2 Å². The van der Waals surface area contributed by atoms with Gasteiger partial charge >= 0.3 is 0 Å². The zero-order valence-corrected chi connectivity index (χ0v) is 9.06. The summed E-state index contributed by atoms with van der Waals surface area (Å²) in [6.07, 6.45) is 7.33. The fourth-order valence-electron chi connectivity index (χ4n) is 2.09. The fraction of sp³-hybridized carbons (Fsp3) is 0.333. The molecule has 0 spiro atoms. The van der Waals surface area contributed by atoms with E-state index in [0.717, 1.165) is 24.4 Å². The highest BCUT2D eigenvalue weighted by atomic mass is 15.1. The van der Waals surface area contributed by atoms with Gasteiger partial charge in [0.25, 0.3) is 0 Å². The molecule has 0 aromatic carbocycles. The van der Waals surface area contributed by atoms with Crippen LogP contribution in [0.2, 0.25) is 0 Å². The van der Waals surface area contributed by atoms with Crippen molar-refractivity contribution < 1.29 is 0 Å². The van der Waals surface area contributed by atoms with Gasteiger partial charge in [-0.2, -0.15) is 0 Å². The maximum atomic E-state index is 5.61. The maximum Gasteiger partial charge on any atom is 0.109 e. The summed E-state index contributed by atoms with van der Waals surface area (Å²) in [5, 5.41) is 0. The minimum Gasteiger partial charge on any atom is -0.397 e. The molecule has 3 heterocycles. The van der Waals surface area contributed by atoms with E-state index in [2.05, 4.69) is 20.7 Å². The van der Waals surface area contributed by atoms with Crippen molar-refractivity contribution in [2.45, 2.75) is 25.8 Å². The van der Waals surface area contributed by atoms with Gasteiger partial charge in [-0.25, -0.2) is 4.98 Å². The Bertz CT molecular complexity index is 475. The maximum absolute atomic E-state index is 5.61. The van der Waals surface area contributed by atoms with Crippen LogP contribution in [0.15, 0.2) is 24.5 Å². The quantitative estimate of drug-likeness (QED) is 0.788. The first-order chi connectivity index (χ1) is 7.83. The summed E-state index contributed by atoms with van der Waals surface area (Å²) in [4.78, 5) is 8.90.